The van der Waals surface area contributed by atoms with Crippen molar-refractivity contribution < 1.29 is 22.7 Å². The first kappa shape index (κ1) is 22.0. The standard InChI is InChI=1S/C22H21N3O5S2/c1-13-4-7-17(8-5-13)32(28,29)24-21(26)11-25-19-10-16(18-12-31-15(3)23-18)6-9-20(19)30-14(2)22(25)27/h4-10,12,14H,11H2,1-3H3,(H,24,26). The van der Waals surface area contributed by atoms with Crippen molar-refractivity contribution in [2.24, 2.45) is 0 Å². The van der Waals surface area contributed by atoms with Gasteiger partial charge in [0.2, 0.25) is 0 Å². The van der Waals surface area contributed by atoms with Gasteiger partial charge in [-0.25, -0.2) is 18.1 Å². The van der Waals surface area contributed by atoms with E-state index in [4.69, 9.17) is 4.74 Å². The van der Waals surface area contributed by atoms with Crippen molar-refractivity contribution in [2.45, 2.75) is 31.8 Å². The van der Waals surface area contributed by atoms with Gasteiger partial charge in [-0.3, -0.25) is 14.5 Å². The number of sulfonamides is 1. The molecule has 0 spiro atoms. The van der Waals surface area contributed by atoms with E-state index in [-0.39, 0.29) is 4.90 Å². The molecule has 2 heterocycles. The summed E-state index contributed by atoms with van der Waals surface area (Å²) in [5, 5.41) is 2.80. The fourth-order valence-corrected chi connectivity index (χ4v) is 4.93. The smallest absolute Gasteiger partial charge is 0.268 e. The van der Waals surface area contributed by atoms with Gasteiger partial charge in [-0.15, -0.1) is 11.3 Å². The summed E-state index contributed by atoms with van der Waals surface area (Å²) in [7, 11) is -4.06. The summed E-state index contributed by atoms with van der Waals surface area (Å²) in [6, 6.07) is 11.4. The third-order valence-corrected chi connectivity index (χ3v) is 7.13. The largest absolute Gasteiger partial charge is 0.479 e. The molecule has 4 rings (SSSR count). The lowest BCUT2D eigenvalue weighted by Crippen LogP contribution is -2.49. The van der Waals surface area contributed by atoms with Gasteiger partial charge in [0.25, 0.3) is 21.8 Å². The zero-order valence-corrected chi connectivity index (χ0v) is 19.3. The molecule has 8 nitrogen and oxygen atoms in total. The number of ether oxygens (including phenoxy) is 1. The van der Waals surface area contributed by atoms with Crippen LogP contribution in [0.4, 0.5) is 5.69 Å². The molecular formula is C22H21N3O5S2. The van der Waals surface area contributed by atoms with Crippen LogP contribution >= 0.6 is 11.3 Å². The van der Waals surface area contributed by atoms with Crippen molar-refractivity contribution in [1.82, 2.24) is 9.71 Å². The normalized spacial score (nSPS) is 15.8. The maximum Gasteiger partial charge on any atom is 0.268 e. The minimum Gasteiger partial charge on any atom is -0.479 e. The van der Waals surface area contributed by atoms with Crippen LogP contribution in [0, 0.1) is 13.8 Å². The monoisotopic (exact) mass is 471 g/mol. The fraction of sp³-hybridized carbons (Fsp3) is 0.227. The van der Waals surface area contributed by atoms with Crippen LogP contribution in [-0.2, 0) is 19.6 Å². The van der Waals surface area contributed by atoms with Crippen LogP contribution in [0.3, 0.4) is 0 Å². The van der Waals surface area contributed by atoms with Crippen molar-refractivity contribution in [3.63, 3.8) is 0 Å². The van der Waals surface area contributed by atoms with Crippen molar-refractivity contribution in [2.75, 3.05) is 11.4 Å². The molecule has 2 amide bonds. The van der Waals surface area contributed by atoms with Gasteiger partial charge in [0.15, 0.2) is 6.10 Å². The number of thiazole rings is 1. The van der Waals surface area contributed by atoms with Gasteiger partial charge < -0.3 is 4.74 Å². The number of nitrogens with zero attached hydrogens (tertiary/aromatic N) is 2. The fourth-order valence-electron chi connectivity index (χ4n) is 3.33. The number of aryl methyl sites for hydroxylation is 2. The Hall–Kier alpha value is -3.24. The van der Waals surface area contributed by atoms with E-state index in [0.29, 0.717) is 11.4 Å². The number of aromatic nitrogens is 1. The Morgan fingerprint density at radius 2 is 1.91 bits per heavy atom. The Balaban J connectivity index is 1.61. The molecule has 0 fully saturated rings. The number of hydrogen-bond donors (Lipinski definition) is 1. The van der Waals surface area contributed by atoms with E-state index in [9.17, 15) is 18.0 Å². The molecule has 3 aromatic rings. The van der Waals surface area contributed by atoms with Gasteiger partial charge in [-0.2, -0.15) is 0 Å². The Morgan fingerprint density at radius 1 is 1.19 bits per heavy atom. The Kier molecular flexibility index (Phi) is 5.74. The molecule has 1 N–H and O–H groups in total. The predicted octanol–water partition coefficient (Wildman–Crippen LogP) is 3.05. The number of carbonyl (C=O) groups excluding carboxylic acids is 2. The van der Waals surface area contributed by atoms with Gasteiger partial charge in [-0.05, 0) is 51.1 Å². The second kappa shape index (κ2) is 8.36. The Morgan fingerprint density at radius 3 is 2.56 bits per heavy atom. The van der Waals surface area contributed by atoms with Gasteiger partial charge in [0.1, 0.15) is 12.3 Å². The first-order chi connectivity index (χ1) is 15.1. The average molecular weight is 472 g/mol. The lowest BCUT2D eigenvalue weighted by atomic mass is 10.1. The minimum atomic E-state index is -4.06. The summed E-state index contributed by atoms with van der Waals surface area (Å²) >= 11 is 1.50. The lowest BCUT2D eigenvalue weighted by Gasteiger charge is -2.32. The molecule has 0 saturated heterocycles. The number of rotatable bonds is 5. The van der Waals surface area contributed by atoms with Crippen LogP contribution in [0.15, 0.2) is 52.7 Å². The summed E-state index contributed by atoms with van der Waals surface area (Å²) in [6.07, 6.45) is -0.809. The zero-order valence-electron chi connectivity index (χ0n) is 17.7. The summed E-state index contributed by atoms with van der Waals surface area (Å²) in [6.45, 7) is 4.84. The van der Waals surface area contributed by atoms with Crippen molar-refractivity contribution >= 4 is 38.9 Å². The first-order valence-electron chi connectivity index (χ1n) is 9.81. The number of fused-ring (bicyclic) bond motifs is 1. The number of amides is 2. The van der Waals surface area contributed by atoms with Crippen LogP contribution in [-0.4, -0.2) is 37.9 Å². The second-order valence-corrected chi connectivity index (χ2v) is 10.2. The maximum absolute atomic E-state index is 12.8. The van der Waals surface area contributed by atoms with Crippen LogP contribution in [0.5, 0.6) is 5.75 Å². The molecule has 166 valence electrons. The van der Waals surface area contributed by atoms with E-state index >= 15 is 0 Å². The third-order valence-electron chi connectivity index (χ3n) is 4.96. The highest BCUT2D eigenvalue weighted by Crippen LogP contribution is 2.37. The van der Waals surface area contributed by atoms with E-state index in [1.807, 2.05) is 30.0 Å². The molecule has 1 aliphatic heterocycles. The number of nitrogens with one attached hydrogen (secondary N) is 1. The second-order valence-electron chi connectivity index (χ2n) is 7.46. The van der Waals surface area contributed by atoms with Crippen LogP contribution < -0.4 is 14.4 Å². The highest BCUT2D eigenvalue weighted by Gasteiger charge is 2.34. The molecule has 10 heteroatoms. The molecule has 1 atom stereocenters. The van der Waals surface area contributed by atoms with E-state index in [0.717, 1.165) is 21.8 Å². The Bertz CT molecular complexity index is 1300. The SMILES string of the molecule is Cc1ccc(S(=O)(=O)NC(=O)CN2C(=O)C(C)Oc3ccc(-c4csc(C)n4)cc32)cc1. The summed E-state index contributed by atoms with van der Waals surface area (Å²) in [5.74, 6) is -0.831. The van der Waals surface area contributed by atoms with Crippen LogP contribution in [0.25, 0.3) is 11.3 Å². The molecule has 0 saturated carbocycles. The number of anilines is 1. The van der Waals surface area contributed by atoms with Gasteiger partial charge in [0, 0.05) is 10.9 Å². The minimum absolute atomic E-state index is 0.0280. The van der Waals surface area contributed by atoms with Gasteiger partial charge in [-0.1, -0.05) is 17.7 Å². The van der Waals surface area contributed by atoms with Crippen LogP contribution in [0.1, 0.15) is 17.5 Å². The van der Waals surface area contributed by atoms with Crippen molar-refractivity contribution in [3.05, 3.63) is 58.4 Å². The third kappa shape index (κ3) is 4.37. The molecule has 0 bridgehead atoms. The van der Waals surface area contributed by atoms with Crippen molar-refractivity contribution in [1.29, 1.82) is 0 Å². The lowest BCUT2D eigenvalue weighted by molar-refractivity contribution is -0.127. The molecule has 0 radical (unpaired) electrons. The summed E-state index contributed by atoms with van der Waals surface area (Å²) in [4.78, 5) is 31.1. The quantitative estimate of drug-likeness (QED) is 0.613. The van der Waals surface area contributed by atoms with Crippen molar-refractivity contribution in [3.8, 4) is 17.0 Å². The highest BCUT2D eigenvalue weighted by molar-refractivity contribution is 7.90. The van der Waals surface area contributed by atoms with E-state index in [2.05, 4.69) is 4.98 Å². The molecule has 2 aromatic carbocycles. The van der Waals surface area contributed by atoms with E-state index in [1.165, 1.54) is 28.4 Å². The molecule has 1 aromatic heterocycles. The molecule has 32 heavy (non-hydrogen) atoms. The topological polar surface area (TPSA) is 106 Å². The van der Waals surface area contributed by atoms with E-state index in [1.54, 1.807) is 31.2 Å². The predicted molar refractivity (Wildman–Crippen MR) is 121 cm³/mol. The zero-order chi connectivity index (χ0) is 23.0. The number of hydrogen-bond acceptors (Lipinski definition) is 7. The van der Waals surface area contributed by atoms with Gasteiger partial charge in [0.05, 0.1) is 21.3 Å². The molecule has 1 aliphatic rings. The summed E-state index contributed by atoms with van der Waals surface area (Å²) < 4.78 is 32.8. The molecular weight excluding hydrogens is 450 g/mol. The average Bonchev–Trinajstić information content (AvgIpc) is 3.17. The molecule has 0 aliphatic carbocycles. The van der Waals surface area contributed by atoms with Crippen LogP contribution in [0.2, 0.25) is 0 Å². The first-order valence-corrected chi connectivity index (χ1v) is 12.2. The highest BCUT2D eigenvalue weighted by atomic mass is 32.2. The van der Waals surface area contributed by atoms with E-state index < -0.39 is 34.5 Å². The number of benzene rings is 2. The maximum atomic E-state index is 12.8. The number of carbonyl (C=O) groups is 2. The summed E-state index contributed by atoms with van der Waals surface area (Å²) in [5.41, 5.74) is 2.79. The Labute approximate surface area is 189 Å². The molecule has 1 unspecified atom stereocenters. The van der Waals surface area contributed by atoms with Gasteiger partial charge >= 0.3 is 0 Å².